The van der Waals surface area contributed by atoms with Crippen LogP contribution in [0, 0.1) is 0 Å². The van der Waals surface area contributed by atoms with E-state index in [4.69, 9.17) is 11.6 Å². The molecule has 1 aromatic rings. The van der Waals surface area contributed by atoms with Gasteiger partial charge in [-0.3, -0.25) is 4.79 Å². The summed E-state index contributed by atoms with van der Waals surface area (Å²) in [6.45, 7) is 2.02. The Hall–Kier alpha value is -0.570. The summed E-state index contributed by atoms with van der Waals surface area (Å²) in [7, 11) is -3.09. The van der Waals surface area contributed by atoms with Crippen LogP contribution in [0.3, 0.4) is 0 Å². The van der Waals surface area contributed by atoms with Crippen molar-refractivity contribution in [2.45, 2.75) is 37.5 Å². The van der Waals surface area contributed by atoms with Crippen LogP contribution in [0.25, 0.3) is 0 Å². The van der Waals surface area contributed by atoms with Crippen molar-refractivity contribution in [1.82, 2.24) is 0 Å². The zero-order valence-electron chi connectivity index (χ0n) is 13.6. The number of unbranched alkanes of at least 4 members (excludes halogenated alkanes) is 1. The summed E-state index contributed by atoms with van der Waals surface area (Å²) in [5, 5.41) is 0.922. The Balaban J connectivity index is 1.98. The van der Waals surface area contributed by atoms with E-state index in [2.05, 4.69) is 20.9 Å². The number of carbonyl (C=O) groups is 1. The van der Waals surface area contributed by atoms with E-state index in [1.165, 1.54) is 11.8 Å². The minimum Gasteiger partial charge on any atom is -0.314 e. The van der Waals surface area contributed by atoms with Crippen molar-refractivity contribution >= 4 is 65.9 Å². The molecule has 0 saturated carbocycles. The van der Waals surface area contributed by atoms with E-state index in [1.54, 1.807) is 6.07 Å². The van der Waals surface area contributed by atoms with Crippen LogP contribution in [0.15, 0.2) is 27.7 Å². The number of nitrogens with zero attached hydrogens (tertiary/aromatic N) is 2. The van der Waals surface area contributed by atoms with Crippen molar-refractivity contribution in [1.29, 1.82) is 0 Å². The average molecular weight is 466 g/mol. The van der Waals surface area contributed by atoms with E-state index in [1.807, 2.05) is 24.0 Å². The van der Waals surface area contributed by atoms with E-state index in [0.717, 1.165) is 17.3 Å². The molecule has 25 heavy (non-hydrogen) atoms. The van der Waals surface area contributed by atoms with E-state index in [-0.39, 0.29) is 28.7 Å². The number of thioether (sulfide) groups is 1. The quantitative estimate of drug-likeness (QED) is 0.675. The molecule has 2 heterocycles. The molecule has 1 aromatic carbocycles. The third kappa shape index (κ3) is 4.23. The molecule has 2 aliphatic rings. The first-order chi connectivity index (χ1) is 11.8. The zero-order valence-corrected chi connectivity index (χ0v) is 17.6. The van der Waals surface area contributed by atoms with Gasteiger partial charge < -0.3 is 4.90 Å². The Morgan fingerprint density at radius 3 is 2.88 bits per heavy atom. The third-order valence-corrected chi connectivity index (χ3v) is 8.21. The van der Waals surface area contributed by atoms with Crippen LogP contribution in [-0.4, -0.2) is 42.3 Å². The fraction of sp³-hybridized carbons (Fsp3) is 0.500. The van der Waals surface area contributed by atoms with Gasteiger partial charge >= 0.3 is 0 Å². The van der Waals surface area contributed by atoms with Crippen molar-refractivity contribution < 1.29 is 13.2 Å². The number of hydrogen-bond donors (Lipinski definition) is 0. The molecular weight excluding hydrogens is 448 g/mol. The first-order valence-corrected chi connectivity index (χ1v) is 11.9. The molecule has 0 unspecified atom stereocenters. The lowest BCUT2D eigenvalue weighted by Gasteiger charge is -2.25. The number of anilines is 1. The maximum absolute atomic E-state index is 12.1. The summed E-state index contributed by atoms with van der Waals surface area (Å²) in [6.07, 6.45) is 2.12. The van der Waals surface area contributed by atoms with Crippen LogP contribution in [0.1, 0.15) is 26.2 Å². The number of benzene rings is 1. The second kappa shape index (κ2) is 7.58. The highest BCUT2D eigenvalue weighted by Gasteiger charge is 2.49. The molecular formula is C16H18BrClN2O3S2. The summed E-state index contributed by atoms with van der Waals surface area (Å²) in [5.74, 6) is -0.0144. The second-order valence-electron chi connectivity index (χ2n) is 6.16. The minimum absolute atomic E-state index is 0.0548. The number of hydrogen-bond acceptors (Lipinski definition) is 4. The van der Waals surface area contributed by atoms with Crippen molar-refractivity contribution in [3.63, 3.8) is 0 Å². The average Bonchev–Trinajstić information content (AvgIpc) is 2.97. The molecule has 0 aliphatic carbocycles. The monoisotopic (exact) mass is 464 g/mol. The van der Waals surface area contributed by atoms with Crippen LogP contribution in [-0.2, 0) is 14.6 Å². The lowest BCUT2D eigenvalue weighted by Crippen LogP contribution is -2.37. The lowest BCUT2D eigenvalue weighted by molar-refractivity contribution is -0.117. The number of carbonyl (C=O) groups excluding carboxylic acids is 1. The summed E-state index contributed by atoms with van der Waals surface area (Å²) in [4.78, 5) is 18.2. The number of amides is 1. The fourth-order valence-corrected chi connectivity index (χ4v) is 7.70. The molecule has 136 valence electrons. The number of halogens is 2. The zero-order chi connectivity index (χ0) is 18.2. The third-order valence-electron chi connectivity index (χ3n) is 4.20. The maximum Gasteiger partial charge on any atom is 0.248 e. The molecule has 2 fully saturated rings. The molecule has 2 atom stereocenters. The van der Waals surface area contributed by atoms with Gasteiger partial charge in [0.15, 0.2) is 15.0 Å². The van der Waals surface area contributed by atoms with Crippen LogP contribution >= 0.6 is 39.3 Å². The molecule has 0 spiro atoms. The SMILES string of the molecule is CCCCC(=O)N=C1S[C@@H]2CS(=O)(=O)C[C@H]2N1c1ccc(Br)cc1Cl. The molecule has 1 amide bonds. The van der Waals surface area contributed by atoms with E-state index >= 15 is 0 Å². The summed E-state index contributed by atoms with van der Waals surface area (Å²) in [6, 6.07) is 5.19. The highest BCUT2D eigenvalue weighted by Crippen LogP contribution is 2.43. The topological polar surface area (TPSA) is 66.8 Å². The number of rotatable bonds is 4. The van der Waals surface area contributed by atoms with Gasteiger partial charge in [0.1, 0.15) is 0 Å². The predicted molar refractivity (Wildman–Crippen MR) is 107 cm³/mol. The van der Waals surface area contributed by atoms with Gasteiger partial charge in [-0.25, -0.2) is 8.42 Å². The Morgan fingerprint density at radius 1 is 1.44 bits per heavy atom. The van der Waals surface area contributed by atoms with Crippen LogP contribution in [0.4, 0.5) is 5.69 Å². The van der Waals surface area contributed by atoms with Gasteiger partial charge in [-0.05, 0) is 24.6 Å². The highest BCUT2D eigenvalue weighted by molar-refractivity contribution is 9.10. The Morgan fingerprint density at radius 2 is 2.20 bits per heavy atom. The largest absolute Gasteiger partial charge is 0.314 e. The molecule has 0 radical (unpaired) electrons. The van der Waals surface area contributed by atoms with Gasteiger partial charge in [-0.2, -0.15) is 4.99 Å². The maximum atomic E-state index is 12.1. The first kappa shape index (κ1) is 19.2. The molecule has 9 heteroatoms. The van der Waals surface area contributed by atoms with Crippen molar-refractivity contribution in [3.05, 3.63) is 27.7 Å². The van der Waals surface area contributed by atoms with Gasteiger partial charge in [0, 0.05) is 16.1 Å². The fourth-order valence-electron chi connectivity index (χ4n) is 3.01. The highest BCUT2D eigenvalue weighted by atomic mass is 79.9. The van der Waals surface area contributed by atoms with Gasteiger partial charge in [-0.15, -0.1) is 0 Å². The number of fused-ring (bicyclic) bond motifs is 1. The van der Waals surface area contributed by atoms with Gasteiger partial charge in [0.05, 0.1) is 28.3 Å². The Kier molecular flexibility index (Phi) is 5.82. The summed E-state index contributed by atoms with van der Waals surface area (Å²) in [5.41, 5.74) is 0.684. The molecule has 3 rings (SSSR count). The van der Waals surface area contributed by atoms with Crippen molar-refractivity contribution in [2.75, 3.05) is 16.4 Å². The first-order valence-electron chi connectivity index (χ1n) is 8.03. The molecule has 0 bridgehead atoms. The molecule has 2 saturated heterocycles. The molecule has 0 aromatic heterocycles. The number of sulfone groups is 1. The molecule has 2 aliphatic heterocycles. The number of amidine groups is 1. The van der Waals surface area contributed by atoms with Gasteiger partial charge in [-0.1, -0.05) is 52.6 Å². The lowest BCUT2D eigenvalue weighted by atomic mass is 10.2. The Bertz CT molecular complexity index is 829. The minimum atomic E-state index is -3.09. The van der Waals surface area contributed by atoms with Crippen LogP contribution < -0.4 is 4.90 Å². The normalized spacial score (nSPS) is 26.2. The van der Waals surface area contributed by atoms with Gasteiger partial charge in [0.2, 0.25) is 5.91 Å². The van der Waals surface area contributed by atoms with Crippen molar-refractivity contribution in [3.8, 4) is 0 Å². The predicted octanol–water partition coefficient (Wildman–Crippen LogP) is 3.89. The van der Waals surface area contributed by atoms with Crippen LogP contribution in [0.5, 0.6) is 0 Å². The van der Waals surface area contributed by atoms with Crippen molar-refractivity contribution in [2.24, 2.45) is 4.99 Å². The smallest absolute Gasteiger partial charge is 0.248 e. The standard InChI is InChI=1S/C16H18BrClN2O3S2/c1-2-3-4-15(21)19-16-20(12-6-5-10(17)7-11(12)18)13-8-25(22,23)9-14(13)24-16/h5-7,13-14H,2-4,8-9H2,1H3/t13-,14-/m1/s1. The van der Waals surface area contributed by atoms with E-state index in [0.29, 0.717) is 22.3 Å². The summed E-state index contributed by atoms with van der Waals surface area (Å²) < 4.78 is 24.9. The van der Waals surface area contributed by atoms with Gasteiger partial charge in [0.25, 0.3) is 0 Å². The van der Waals surface area contributed by atoms with E-state index < -0.39 is 9.84 Å². The molecule has 0 N–H and O–H groups in total. The number of aliphatic imine (C=N–C) groups is 1. The second-order valence-corrected chi connectivity index (χ2v) is 10.8. The summed E-state index contributed by atoms with van der Waals surface area (Å²) >= 11 is 11.1. The van der Waals surface area contributed by atoms with Crippen LogP contribution in [0.2, 0.25) is 5.02 Å². The molecule has 5 nitrogen and oxygen atoms in total. The Labute approximate surface area is 165 Å². The van der Waals surface area contributed by atoms with E-state index in [9.17, 15) is 13.2 Å².